The first-order chi connectivity index (χ1) is 21.5. The molecule has 0 aliphatic carbocycles. The van der Waals surface area contributed by atoms with Gasteiger partial charge < -0.3 is 15.0 Å². The van der Waals surface area contributed by atoms with Gasteiger partial charge in [0.1, 0.15) is 24.1 Å². The minimum Gasteiger partial charge on any atom is -0.457 e. The Balaban J connectivity index is 1.71. The summed E-state index contributed by atoms with van der Waals surface area (Å²) in [4.78, 5) is 28.7. The Morgan fingerprint density at radius 2 is 1.33 bits per heavy atom. The highest BCUT2D eigenvalue weighted by molar-refractivity contribution is 7.92. The highest BCUT2D eigenvalue weighted by atomic mass is 35.5. The van der Waals surface area contributed by atoms with Crippen LogP contribution < -0.4 is 14.4 Å². The number of ether oxygens (including phenoxy) is 1. The van der Waals surface area contributed by atoms with E-state index in [0.717, 1.165) is 4.31 Å². The molecule has 0 aromatic heterocycles. The van der Waals surface area contributed by atoms with Crippen LogP contribution in [0.4, 0.5) is 5.69 Å². The van der Waals surface area contributed by atoms with E-state index in [0.29, 0.717) is 33.7 Å². The Hall–Kier alpha value is -4.05. The third kappa shape index (κ3) is 8.78. The Kier molecular flexibility index (Phi) is 11.5. The largest absolute Gasteiger partial charge is 0.457 e. The number of nitrogens with one attached hydrogen (secondary N) is 1. The van der Waals surface area contributed by atoms with Gasteiger partial charge in [-0.3, -0.25) is 13.9 Å². The third-order valence-electron chi connectivity index (χ3n) is 6.96. The summed E-state index contributed by atoms with van der Waals surface area (Å²) in [6.07, 6.45) is 0. The molecular formula is C34H35Cl2N3O5S. The Morgan fingerprint density at radius 3 is 1.91 bits per heavy atom. The third-order valence-corrected chi connectivity index (χ3v) is 9.45. The predicted molar refractivity (Wildman–Crippen MR) is 178 cm³/mol. The molecule has 0 fully saturated rings. The van der Waals surface area contributed by atoms with E-state index in [9.17, 15) is 18.0 Å². The molecule has 236 valence electrons. The summed E-state index contributed by atoms with van der Waals surface area (Å²) >= 11 is 12.9. The maximum Gasteiger partial charge on any atom is 0.264 e. The van der Waals surface area contributed by atoms with Crippen LogP contribution in [0.5, 0.6) is 11.5 Å². The lowest BCUT2D eigenvalue weighted by Gasteiger charge is -2.32. The van der Waals surface area contributed by atoms with Crippen molar-refractivity contribution in [1.29, 1.82) is 0 Å². The zero-order chi connectivity index (χ0) is 32.6. The van der Waals surface area contributed by atoms with Crippen LogP contribution in [-0.2, 0) is 26.2 Å². The normalized spacial score (nSPS) is 12.0. The zero-order valence-corrected chi connectivity index (χ0v) is 27.5. The van der Waals surface area contributed by atoms with Crippen LogP contribution in [0.15, 0.2) is 108 Å². The minimum absolute atomic E-state index is 0.00540. The first-order valence-corrected chi connectivity index (χ1v) is 16.6. The molecule has 0 radical (unpaired) electrons. The zero-order valence-electron chi connectivity index (χ0n) is 25.2. The summed E-state index contributed by atoms with van der Waals surface area (Å²) in [7, 11) is -4.22. The van der Waals surface area contributed by atoms with E-state index in [2.05, 4.69) is 5.32 Å². The lowest BCUT2D eigenvalue weighted by Crippen LogP contribution is -2.51. The van der Waals surface area contributed by atoms with Gasteiger partial charge in [-0.15, -0.1) is 0 Å². The van der Waals surface area contributed by atoms with Crippen molar-refractivity contribution < 1.29 is 22.7 Å². The number of anilines is 1. The Labute approximate surface area is 274 Å². The van der Waals surface area contributed by atoms with Gasteiger partial charge in [-0.2, -0.15) is 0 Å². The van der Waals surface area contributed by atoms with Crippen LogP contribution >= 0.6 is 23.2 Å². The molecule has 8 nitrogen and oxygen atoms in total. The minimum atomic E-state index is -4.22. The number of hydrogen-bond acceptors (Lipinski definition) is 5. The number of halogens is 2. The molecule has 0 saturated carbocycles. The summed E-state index contributed by atoms with van der Waals surface area (Å²) in [6.45, 7) is 5.20. The molecule has 0 bridgehead atoms. The number of benzene rings is 4. The number of para-hydroxylation sites is 1. The monoisotopic (exact) mass is 667 g/mol. The van der Waals surface area contributed by atoms with Crippen LogP contribution in [0.1, 0.15) is 26.3 Å². The van der Waals surface area contributed by atoms with Crippen molar-refractivity contribution in [3.63, 3.8) is 0 Å². The van der Waals surface area contributed by atoms with E-state index >= 15 is 0 Å². The summed E-state index contributed by atoms with van der Waals surface area (Å²) in [5.74, 6) is 0.276. The molecule has 1 N–H and O–H groups in total. The van der Waals surface area contributed by atoms with E-state index in [4.69, 9.17) is 27.9 Å². The number of sulfonamides is 1. The molecule has 45 heavy (non-hydrogen) atoms. The van der Waals surface area contributed by atoms with Crippen LogP contribution in [-0.4, -0.2) is 44.3 Å². The highest BCUT2D eigenvalue weighted by Crippen LogP contribution is 2.30. The topological polar surface area (TPSA) is 96.0 Å². The van der Waals surface area contributed by atoms with Crippen molar-refractivity contribution in [3.8, 4) is 11.5 Å². The van der Waals surface area contributed by atoms with E-state index in [1.165, 1.54) is 17.0 Å². The van der Waals surface area contributed by atoms with Crippen molar-refractivity contribution >= 4 is 50.7 Å². The van der Waals surface area contributed by atoms with E-state index < -0.39 is 28.5 Å². The van der Waals surface area contributed by atoms with Gasteiger partial charge in [0.15, 0.2) is 0 Å². The average molecular weight is 669 g/mol. The molecule has 0 aliphatic heterocycles. The predicted octanol–water partition coefficient (Wildman–Crippen LogP) is 7.17. The molecule has 0 aliphatic rings. The van der Waals surface area contributed by atoms with Crippen molar-refractivity contribution in [3.05, 3.63) is 119 Å². The second-order valence-corrected chi connectivity index (χ2v) is 13.4. The molecule has 1 atom stereocenters. The van der Waals surface area contributed by atoms with Gasteiger partial charge in [-0.05, 0) is 73.5 Å². The molecule has 0 spiro atoms. The van der Waals surface area contributed by atoms with Gasteiger partial charge in [0.05, 0.1) is 10.6 Å². The van der Waals surface area contributed by atoms with E-state index in [1.807, 2.05) is 32.0 Å². The first-order valence-electron chi connectivity index (χ1n) is 14.4. The number of nitrogens with zero attached hydrogens (tertiary/aromatic N) is 2. The smallest absolute Gasteiger partial charge is 0.264 e. The Bertz CT molecular complexity index is 1680. The van der Waals surface area contributed by atoms with Crippen LogP contribution in [0.3, 0.4) is 0 Å². The van der Waals surface area contributed by atoms with Gasteiger partial charge >= 0.3 is 0 Å². The molecule has 1 unspecified atom stereocenters. The Morgan fingerprint density at radius 1 is 0.778 bits per heavy atom. The lowest BCUT2D eigenvalue weighted by molar-refractivity contribution is -0.139. The number of rotatable bonds is 13. The van der Waals surface area contributed by atoms with Crippen LogP contribution in [0.2, 0.25) is 10.0 Å². The number of carbonyl (C=O) groups excluding carboxylic acids is 2. The van der Waals surface area contributed by atoms with Gasteiger partial charge in [0.2, 0.25) is 11.8 Å². The number of carbonyl (C=O) groups is 2. The second-order valence-electron chi connectivity index (χ2n) is 10.8. The summed E-state index contributed by atoms with van der Waals surface area (Å²) in [5, 5.41) is 3.49. The molecule has 11 heteroatoms. The van der Waals surface area contributed by atoms with Crippen LogP contribution in [0, 0.1) is 5.92 Å². The van der Waals surface area contributed by atoms with Crippen molar-refractivity contribution in [2.75, 3.05) is 17.4 Å². The van der Waals surface area contributed by atoms with Crippen molar-refractivity contribution in [1.82, 2.24) is 10.2 Å². The van der Waals surface area contributed by atoms with E-state index in [1.54, 1.807) is 79.7 Å². The standard InChI is InChI=1S/C34H35Cl2N3O5S/c1-24(2)21-37-34(41)25(3)38(22-30-31(35)15-10-16-32(30)36)33(40)23-39(45(42,43)29-13-8-5-9-14-29)26-17-19-28(20-18-26)44-27-11-6-4-7-12-27/h4-20,24-25H,21-23H2,1-3H3,(H,37,41). The molecule has 0 heterocycles. The maximum atomic E-state index is 14.2. The molecule has 2 amide bonds. The lowest BCUT2D eigenvalue weighted by atomic mass is 10.1. The molecule has 4 aromatic carbocycles. The summed E-state index contributed by atoms with van der Waals surface area (Å²) in [6, 6.07) is 27.4. The second kappa shape index (κ2) is 15.3. The fourth-order valence-corrected chi connectivity index (χ4v) is 6.39. The SMILES string of the molecule is CC(C)CNC(=O)C(C)N(Cc1c(Cl)cccc1Cl)C(=O)CN(c1ccc(Oc2ccccc2)cc1)S(=O)(=O)c1ccccc1. The fraction of sp³-hybridized carbons (Fsp3) is 0.235. The highest BCUT2D eigenvalue weighted by Gasteiger charge is 2.33. The molecule has 0 saturated heterocycles. The van der Waals surface area contributed by atoms with Gasteiger partial charge in [-0.1, -0.05) is 79.5 Å². The van der Waals surface area contributed by atoms with Crippen LogP contribution in [0.25, 0.3) is 0 Å². The van der Waals surface area contributed by atoms with E-state index in [-0.39, 0.29) is 29.0 Å². The molecule has 4 rings (SSSR count). The fourth-order valence-electron chi connectivity index (χ4n) is 4.44. The average Bonchev–Trinajstić information content (AvgIpc) is 3.03. The van der Waals surface area contributed by atoms with Gasteiger partial charge in [0, 0.05) is 28.7 Å². The van der Waals surface area contributed by atoms with Gasteiger partial charge in [-0.25, -0.2) is 8.42 Å². The summed E-state index contributed by atoms with van der Waals surface area (Å²) in [5.41, 5.74) is 0.679. The first kappa shape index (κ1) is 33.8. The summed E-state index contributed by atoms with van der Waals surface area (Å²) < 4.78 is 34.9. The van der Waals surface area contributed by atoms with Gasteiger partial charge in [0.25, 0.3) is 10.0 Å². The quantitative estimate of drug-likeness (QED) is 0.163. The number of amides is 2. The maximum absolute atomic E-state index is 14.2. The molecular weight excluding hydrogens is 633 g/mol. The van der Waals surface area contributed by atoms with Crippen molar-refractivity contribution in [2.24, 2.45) is 5.92 Å². The number of hydrogen-bond donors (Lipinski definition) is 1. The van der Waals surface area contributed by atoms with Crippen molar-refractivity contribution in [2.45, 2.75) is 38.3 Å². The molecule has 4 aromatic rings.